The second-order valence-corrected chi connectivity index (χ2v) is 7.88. The Labute approximate surface area is 180 Å². The third kappa shape index (κ3) is 3.96. The number of halogens is 1. The molecule has 2 aromatic carbocycles. The van der Waals surface area contributed by atoms with Gasteiger partial charge in [-0.25, -0.2) is 9.37 Å². The molecule has 0 aliphatic carbocycles. The number of nitrogens with zero attached hydrogens (tertiary/aromatic N) is 4. The lowest BCUT2D eigenvalue weighted by Gasteiger charge is -2.34. The highest BCUT2D eigenvalue weighted by molar-refractivity contribution is 7.22. The van der Waals surface area contributed by atoms with Crippen LogP contribution in [0.3, 0.4) is 0 Å². The molecule has 0 unspecified atom stereocenters. The van der Waals surface area contributed by atoms with Crippen molar-refractivity contribution in [3.63, 3.8) is 0 Å². The van der Waals surface area contributed by atoms with Gasteiger partial charge in [-0.3, -0.25) is 14.9 Å². The highest BCUT2D eigenvalue weighted by atomic mass is 32.1. The highest BCUT2D eigenvalue weighted by Crippen LogP contribution is 2.35. The van der Waals surface area contributed by atoms with E-state index in [4.69, 9.17) is 9.47 Å². The van der Waals surface area contributed by atoms with Gasteiger partial charge in [0.1, 0.15) is 11.4 Å². The van der Waals surface area contributed by atoms with Crippen LogP contribution in [0, 0.1) is 15.9 Å². The van der Waals surface area contributed by atoms with E-state index in [-0.39, 0.29) is 28.6 Å². The second-order valence-electron chi connectivity index (χ2n) is 6.87. The number of nitro benzene ring substituents is 1. The van der Waals surface area contributed by atoms with Crippen LogP contribution in [0.15, 0.2) is 30.3 Å². The number of hydrogen-bond acceptors (Lipinski definition) is 8. The van der Waals surface area contributed by atoms with Gasteiger partial charge < -0.3 is 19.3 Å². The van der Waals surface area contributed by atoms with Crippen molar-refractivity contribution in [2.24, 2.45) is 0 Å². The van der Waals surface area contributed by atoms with Gasteiger partial charge in [-0.15, -0.1) is 0 Å². The fraction of sp³-hybridized carbons (Fsp3) is 0.300. The summed E-state index contributed by atoms with van der Waals surface area (Å²) in [5, 5.41) is 12.3. The summed E-state index contributed by atoms with van der Waals surface area (Å²) in [6.45, 7) is 1.76. The summed E-state index contributed by atoms with van der Waals surface area (Å²) in [5.74, 6) is -0.326. The Balaban J connectivity index is 1.53. The zero-order chi connectivity index (χ0) is 22.1. The minimum Gasteiger partial charge on any atom is -0.493 e. The predicted molar refractivity (Wildman–Crippen MR) is 114 cm³/mol. The number of carbonyl (C=O) groups excluding carboxylic acids is 1. The monoisotopic (exact) mass is 446 g/mol. The maximum atomic E-state index is 13.4. The first kappa shape index (κ1) is 20.8. The molecule has 1 fully saturated rings. The van der Waals surface area contributed by atoms with Crippen molar-refractivity contribution in [1.29, 1.82) is 0 Å². The van der Waals surface area contributed by atoms with Crippen molar-refractivity contribution in [2.45, 2.75) is 0 Å². The molecule has 4 rings (SSSR count). The standard InChI is InChI=1S/C20H19FN4O5S/c1-29-16-10-13(15(25(27)28)11-17(16)30-2)19(26)23-5-7-24(8-6-23)20-22-14-4-3-12(21)9-18(14)31-20/h3-4,9-11H,5-8H2,1-2H3. The largest absolute Gasteiger partial charge is 0.493 e. The number of nitro groups is 1. The molecule has 0 atom stereocenters. The molecule has 0 saturated carbocycles. The van der Waals surface area contributed by atoms with Crippen molar-refractivity contribution < 1.29 is 23.6 Å². The topological polar surface area (TPSA) is 98.0 Å². The number of carbonyl (C=O) groups is 1. The van der Waals surface area contributed by atoms with Gasteiger partial charge in [0, 0.05) is 32.2 Å². The fourth-order valence-corrected chi connectivity index (χ4v) is 4.53. The number of methoxy groups -OCH3 is 2. The van der Waals surface area contributed by atoms with Gasteiger partial charge >= 0.3 is 0 Å². The number of fused-ring (bicyclic) bond motifs is 1. The molecular formula is C20H19FN4O5S. The number of thiazole rings is 1. The van der Waals surface area contributed by atoms with Crippen LogP contribution in [-0.4, -0.2) is 61.1 Å². The van der Waals surface area contributed by atoms with Crippen molar-refractivity contribution in [2.75, 3.05) is 45.3 Å². The first-order valence-corrected chi connectivity index (χ1v) is 10.2. The third-order valence-electron chi connectivity index (χ3n) is 5.11. The smallest absolute Gasteiger partial charge is 0.286 e. The number of piperazine rings is 1. The molecule has 11 heteroatoms. The van der Waals surface area contributed by atoms with Crippen LogP contribution in [0.5, 0.6) is 11.5 Å². The molecule has 1 aliphatic rings. The summed E-state index contributed by atoms with van der Waals surface area (Å²) in [4.78, 5) is 32.1. The fourth-order valence-electron chi connectivity index (χ4n) is 3.48. The van der Waals surface area contributed by atoms with E-state index < -0.39 is 10.8 Å². The summed E-state index contributed by atoms with van der Waals surface area (Å²) in [5.41, 5.74) is 0.339. The molecule has 1 saturated heterocycles. The van der Waals surface area contributed by atoms with Crippen LogP contribution in [0.1, 0.15) is 10.4 Å². The lowest BCUT2D eigenvalue weighted by Crippen LogP contribution is -2.48. The van der Waals surface area contributed by atoms with Gasteiger partial charge in [0.05, 0.1) is 35.4 Å². The maximum Gasteiger partial charge on any atom is 0.286 e. The van der Waals surface area contributed by atoms with Crippen LogP contribution in [0.4, 0.5) is 15.2 Å². The first-order chi connectivity index (χ1) is 14.9. The molecule has 1 amide bonds. The highest BCUT2D eigenvalue weighted by Gasteiger charge is 2.30. The van der Waals surface area contributed by atoms with Crippen molar-refractivity contribution in [3.8, 4) is 11.5 Å². The molecule has 1 aromatic heterocycles. The second kappa shape index (κ2) is 8.34. The molecule has 162 valence electrons. The first-order valence-electron chi connectivity index (χ1n) is 9.42. The molecule has 31 heavy (non-hydrogen) atoms. The minimum absolute atomic E-state index is 0.0495. The van der Waals surface area contributed by atoms with E-state index in [0.717, 1.165) is 15.3 Å². The third-order valence-corrected chi connectivity index (χ3v) is 6.18. The summed E-state index contributed by atoms with van der Waals surface area (Å²) in [6.07, 6.45) is 0. The summed E-state index contributed by atoms with van der Waals surface area (Å²) in [7, 11) is 2.78. The number of benzene rings is 2. The average Bonchev–Trinajstić information content (AvgIpc) is 3.20. The Morgan fingerprint density at radius 3 is 2.45 bits per heavy atom. The molecule has 2 heterocycles. The van der Waals surface area contributed by atoms with Gasteiger partial charge in [0.2, 0.25) is 0 Å². The molecule has 0 bridgehead atoms. The van der Waals surface area contributed by atoms with Gasteiger partial charge in [0.25, 0.3) is 11.6 Å². The summed E-state index contributed by atoms with van der Waals surface area (Å²) >= 11 is 1.39. The average molecular weight is 446 g/mol. The number of anilines is 1. The van der Waals surface area contributed by atoms with E-state index in [1.54, 1.807) is 11.0 Å². The van der Waals surface area contributed by atoms with E-state index in [1.807, 2.05) is 4.90 Å². The Bertz CT molecular complexity index is 1160. The lowest BCUT2D eigenvalue weighted by molar-refractivity contribution is -0.385. The maximum absolute atomic E-state index is 13.4. The quantitative estimate of drug-likeness (QED) is 0.438. The number of ether oxygens (including phenoxy) is 2. The van der Waals surface area contributed by atoms with Crippen LogP contribution in [-0.2, 0) is 0 Å². The lowest BCUT2D eigenvalue weighted by atomic mass is 10.1. The number of aromatic nitrogens is 1. The molecule has 0 radical (unpaired) electrons. The van der Waals surface area contributed by atoms with E-state index >= 15 is 0 Å². The molecule has 9 nitrogen and oxygen atoms in total. The molecular weight excluding hydrogens is 427 g/mol. The molecule has 0 N–H and O–H groups in total. The van der Waals surface area contributed by atoms with Gasteiger partial charge in [-0.2, -0.15) is 0 Å². The zero-order valence-electron chi connectivity index (χ0n) is 16.8. The zero-order valence-corrected chi connectivity index (χ0v) is 17.6. The van der Waals surface area contributed by atoms with E-state index in [0.29, 0.717) is 26.2 Å². The molecule has 0 spiro atoms. The van der Waals surface area contributed by atoms with Crippen LogP contribution in [0.25, 0.3) is 10.2 Å². The Kier molecular flexibility index (Phi) is 5.59. The molecule has 1 aliphatic heterocycles. The predicted octanol–water partition coefficient (Wildman–Crippen LogP) is 3.32. The van der Waals surface area contributed by atoms with Crippen LogP contribution in [0.2, 0.25) is 0 Å². The van der Waals surface area contributed by atoms with Crippen LogP contribution < -0.4 is 14.4 Å². The van der Waals surface area contributed by atoms with Crippen LogP contribution >= 0.6 is 11.3 Å². The van der Waals surface area contributed by atoms with E-state index in [1.165, 1.54) is 49.8 Å². The Hall–Kier alpha value is -3.47. The number of rotatable bonds is 5. The SMILES string of the molecule is COc1cc(C(=O)N2CCN(c3nc4ccc(F)cc4s3)CC2)c([N+](=O)[O-])cc1OC. The van der Waals surface area contributed by atoms with Gasteiger partial charge in [0.15, 0.2) is 16.6 Å². The van der Waals surface area contributed by atoms with Gasteiger partial charge in [-0.1, -0.05) is 11.3 Å². The van der Waals surface area contributed by atoms with E-state index in [2.05, 4.69) is 4.98 Å². The number of hydrogen-bond donors (Lipinski definition) is 0. The van der Waals surface area contributed by atoms with Crippen molar-refractivity contribution in [1.82, 2.24) is 9.88 Å². The summed E-state index contributed by atoms with van der Waals surface area (Å²) in [6, 6.07) is 7.00. The Morgan fingerprint density at radius 2 is 1.81 bits per heavy atom. The van der Waals surface area contributed by atoms with Crippen molar-refractivity contribution >= 4 is 38.3 Å². The Morgan fingerprint density at radius 1 is 1.13 bits per heavy atom. The van der Waals surface area contributed by atoms with Crippen molar-refractivity contribution in [3.05, 3.63) is 51.8 Å². The van der Waals surface area contributed by atoms with E-state index in [9.17, 15) is 19.3 Å². The number of amides is 1. The normalized spacial score (nSPS) is 14.0. The van der Waals surface area contributed by atoms with Gasteiger partial charge in [-0.05, 0) is 18.2 Å². The minimum atomic E-state index is -0.605. The summed E-state index contributed by atoms with van der Waals surface area (Å²) < 4.78 is 24.5. The molecule has 3 aromatic rings.